The van der Waals surface area contributed by atoms with Crippen molar-refractivity contribution in [2.75, 3.05) is 20.2 Å². The number of hydrogen-bond donors (Lipinski definition) is 0. The van der Waals surface area contributed by atoms with Crippen molar-refractivity contribution in [2.24, 2.45) is 0 Å². The molecular weight excluding hydrogens is 178 g/mol. The van der Waals surface area contributed by atoms with E-state index in [4.69, 9.17) is 0 Å². The smallest absolute Gasteiger partial charge is 0.219 e. The van der Waals surface area contributed by atoms with Crippen molar-refractivity contribution in [3.63, 3.8) is 0 Å². The van der Waals surface area contributed by atoms with Crippen LogP contribution in [-0.2, 0) is 9.16 Å². The van der Waals surface area contributed by atoms with Crippen molar-refractivity contribution in [1.82, 2.24) is 4.90 Å². The van der Waals surface area contributed by atoms with E-state index >= 15 is 0 Å². The fourth-order valence-electron chi connectivity index (χ4n) is 2.64. The highest BCUT2D eigenvalue weighted by atomic mass is 16.7. The van der Waals surface area contributed by atoms with Gasteiger partial charge in [-0.05, 0) is 0 Å². The van der Waals surface area contributed by atoms with Crippen LogP contribution in [0.1, 0.15) is 32.6 Å². The van der Waals surface area contributed by atoms with Crippen molar-refractivity contribution in [1.29, 1.82) is 0 Å². The molecule has 1 amide bonds. The first-order valence-electron chi connectivity index (χ1n) is 5.58. The zero-order valence-electron chi connectivity index (χ0n) is 9.16. The van der Waals surface area contributed by atoms with Crippen molar-refractivity contribution in [3.05, 3.63) is 0 Å². The first-order chi connectivity index (χ1) is 6.68. The van der Waals surface area contributed by atoms with E-state index in [1.165, 1.54) is 25.7 Å². The molecule has 3 nitrogen and oxygen atoms in total. The Morgan fingerprint density at radius 3 is 2.21 bits per heavy atom. The lowest BCUT2D eigenvalue weighted by atomic mass is 10.0. The van der Waals surface area contributed by atoms with Crippen molar-refractivity contribution in [3.8, 4) is 0 Å². The Balaban J connectivity index is 1.79. The maximum atomic E-state index is 11.0. The molecule has 2 aliphatic rings. The maximum absolute atomic E-state index is 11.0. The standard InChI is InChI=1S/C11H20NO2/c1-9(13)12(2)7-8-14-10-3-4-11(14)6-5-10/h10-11H,3-8H2,1-2H3/q+1. The molecule has 0 atom stereocenters. The number of carbonyl (C=O) groups is 1. The predicted molar refractivity (Wildman–Crippen MR) is 55.3 cm³/mol. The van der Waals surface area contributed by atoms with E-state index in [9.17, 15) is 4.79 Å². The molecule has 2 rings (SSSR count). The molecule has 0 saturated carbocycles. The summed E-state index contributed by atoms with van der Waals surface area (Å²) in [6, 6.07) is 0. The van der Waals surface area contributed by atoms with E-state index in [0.29, 0.717) is 0 Å². The summed E-state index contributed by atoms with van der Waals surface area (Å²) in [7, 11) is 1.88. The highest BCUT2D eigenvalue weighted by Crippen LogP contribution is 2.40. The minimum atomic E-state index is 0.164. The zero-order valence-corrected chi connectivity index (χ0v) is 9.16. The average molecular weight is 198 g/mol. The summed E-state index contributed by atoms with van der Waals surface area (Å²) >= 11 is 0. The van der Waals surface area contributed by atoms with Gasteiger partial charge in [-0.25, -0.2) is 0 Å². The van der Waals surface area contributed by atoms with Gasteiger partial charge < -0.3 is 9.27 Å². The molecule has 14 heavy (non-hydrogen) atoms. The lowest BCUT2D eigenvalue weighted by Gasteiger charge is -2.22. The number of carbonyl (C=O) groups excluding carboxylic acids is 1. The number of hydrogen-bond acceptors (Lipinski definition) is 1. The molecule has 0 N–H and O–H groups in total. The second-order valence-electron chi connectivity index (χ2n) is 4.51. The topological polar surface area (TPSA) is 23.0 Å². The molecule has 2 saturated heterocycles. The molecule has 0 unspecified atom stereocenters. The van der Waals surface area contributed by atoms with Gasteiger partial charge >= 0.3 is 0 Å². The molecule has 2 fully saturated rings. The van der Waals surface area contributed by atoms with Crippen molar-refractivity contribution >= 4 is 5.91 Å². The summed E-state index contributed by atoms with van der Waals surface area (Å²) in [6.07, 6.45) is 6.89. The molecule has 0 radical (unpaired) electrons. The van der Waals surface area contributed by atoms with Crippen LogP contribution in [0.4, 0.5) is 0 Å². The first-order valence-corrected chi connectivity index (χ1v) is 5.58. The van der Waals surface area contributed by atoms with Gasteiger partial charge in [0.25, 0.3) is 0 Å². The Bertz CT molecular complexity index is 209. The largest absolute Gasteiger partial charge is 0.416 e. The van der Waals surface area contributed by atoms with Crippen molar-refractivity contribution < 1.29 is 9.16 Å². The number of amides is 1. The van der Waals surface area contributed by atoms with Crippen LogP contribution in [0.5, 0.6) is 0 Å². The van der Waals surface area contributed by atoms with Crippen LogP contribution in [0.3, 0.4) is 0 Å². The van der Waals surface area contributed by atoms with Crippen LogP contribution in [0, 0.1) is 0 Å². The van der Waals surface area contributed by atoms with Gasteiger partial charge in [-0.2, -0.15) is 0 Å². The summed E-state index contributed by atoms with van der Waals surface area (Å²) < 4.78 is 3.45. The van der Waals surface area contributed by atoms with Gasteiger partial charge in [-0.15, -0.1) is 0 Å². The van der Waals surface area contributed by atoms with Crippen LogP contribution in [0.2, 0.25) is 0 Å². The fraction of sp³-hybridized carbons (Fsp3) is 0.909. The fourth-order valence-corrected chi connectivity index (χ4v) is 2.64. The number of likely N-dealkylation sites (N-methyl/N-ethyl adjacent to an activating group) is 1. The van der Waals surface area contributed by atoms with Gasteiger partial charge in [-0.1, -0.05) is 0 Å². The molecule has 0 aromatic rings. The van der Waals surface area contributed by atoms with Crippen molar-refractivity contribution in [2.45, 2.75) is 44.8 Å². The Kier molecular flexibility index (Phi) is 2.77. The third-order valence-electron chi connectivity index (χ3n) is 3.68. The number of rotatable bonds is 3. The van der Waals surface area contributed by atoms with E-state index in [1.54, 1.807) is 11.8 Å². The minimum Gasteiger partial charge on any atom is -0.416 e. The third-order valence-corrected chi connectivity index (χ3v) is 3.68. The molecule has 0 aliphatic carbocycles. The summed E-state index contributed by atoms with van der Waals surface area (Å²) in [5, 5.41) is 0. The third kappa shape index (κ3) is 1.78. The van der Waals surface area contributed by atoms with Gasteiger partial charge in [0.05, 0.1) is 6.54 Å². The molecule has 2 aliphatic heterocycles. The van der Waals surface area contributed by atoms with E-state index in [1.807, 2.05) is 7.05 Å². The lowest BCUT2D eigenvalue weighted by Crippen LogP contribution is -2.33. The quantitative estimate of drug-likeness (QED) is 0.628. The Morgan fingerprint density at radius 1 is 1.29 bits per heavy atom. The predicted octanol–water partition coefficient (Wildman–Crippen LogP) is 1.34. The summed E-state index contributed by atoms with van der Waals surface area (Å²) in [5.41, 5.74) is 0. The van der Waals surface area contributed by atoms with Gasteiger partial charge in [0.15, 0.2) is 18.8 Å². The Labute approximate surface area is 85.7 Å². The summed E-state index contributed by atoms with van der Waals surface area (Å²) in [4.78, 5) is 12.8. The van der Waals surface area contributed by atoms with Crippen LogP contribution in [0.15, 0.2) is 0 Å². The monoisotopic (exact) mass is 198 g/mol. The van der Waals surface area contributed by atoms with Gasteiger partial charge in [0, 0.05) is 39.7 Å². The average Bonchev–Trinajstić information content (AvgIpc) is 2.73. The highest BCUT2D eigenvalue weighted by Gasteiger charge is 2.45. The molecule has 80 valence electrons. The number of nitrogens with zero attached hydrogens (tertiary/aromatic N) is 1. The Morgan fingerprint density at radius 2 is 1.79 bits per heavy atom. The van der Waals surface area contributed by atoms with Gasteiger partial charge in [0.2, 0.25) is 5.91 Å². The minimum absolute atomic E-state index is 0.164. The second-order valence-corrected chi connectivity index (χ2v) is 4.51. The van der Waals surface area contributed by atoms with Crippen LogP contribution >= 0.6 is 0 Å². The van der Waals surface area contributed by atoms with Crippen LogP contribution in [-0.4, -0.2) is 43.2 Å². The Hall–Kier alpha value is -0.570. The molecule has 0 aromatic carbocycles. The molecule has 0 aromatic heterocycles. The highest BCUT2D eigenvalue weighted by molar-refractivity contribution is 5.72. The lowest BCUT2D eigenvalue weighted by molar-refractivity contribution is -0.172. The molecule has 2 heterocycles. The number of fused-ring (bicyclic) bond motifs is 2. The summed E-state index contributed by atoms with van der Waals surface area (Å²) in [6.45, 7) is 3.47. The van der Waals surface area contributed by atoms with E-state index in [-0.39, 0.29) is 5.91 Å². The summed E-state index contributed by atoms with van der Waals surface area (Å²) in [5.74, 6) is 0.164. The molecule has 0 spiro atoms. The zero-order chi connectivity index (χ0) is 10.1. The van der Waals surface area contributed by atoms with Crippen LogP contribution in [0.25, 0.3) is 0 Å². The van der Waals surface area contributed by atoms with E-state index in [2.05, 4.69) is 4.37 Å². The van der Waals surface area contributed by atoms with Gasteiger partial charge in [-0.3, -0.25) is 4.79 Å². The van der Waals surface area contributed by atoms with Gasteiger partial charge in [0.1, 0.15) is 0 Å². The van der Waals surface area contributed by atoms with Crippen LogP contribution < -0.4 is 0 Å². The molecular formula is C11H20NO2+. The SMILES string of the molecule is CC(=O)N(C)CC[O+]1C2CCC1CC2. The first kappa shape index (κ1) is 9.97. The molecule has 2 bridgehead atoms. The normalized spacial score (nSPS) is 31.0. The molecule has 3 heteroatoms. The van der Waals surface area contributed by atoms with E-state index in [0.717, 1.165) is 25.4 Å². The second kappa shape index (κ2) is 3.89. The maximum Gasteiger partial charge on any atom is 0.219 e. The van der Waals surface area contributed by atoms with E-state index < -0.39 is 0 Å².